The Morgan fingerprint density at radius 2 is 2.00 bits per heavy atom. The number of nitrogens with one attached hydrogen (secondary N) is 1. The van der Waals surface area contributed by atoms with Crippen molar-refractivity contribution in [3.05, 3.63) is 63.6 Å². The number of hydrogen-bond donors (Lipinski definition) is 1. The number of allylic oxidation sites excluding steroid dienone is 5. The molecule has 0 aromatic carbocycles. The van der Waals surface area contributed by atoms with Crippen molar-refractivity contribution in [1.82, 2.24) is 4.98 Å². The lowest BCUT2D eigenvalue weighted by molar-refractivity contribution is -0.113. The van der Waals surface area contributed by atoms with Crippen LogP contribution in [0.1, 0.15) is 31.9 Å². The minimum absolute atomic E-state index is 0.0327. The van der Waals surface area contributed by atoms with E-state index in [0.29, 0.717) is 5.57 Å². The van der Waals surface area contributed by atoms with Gasteiger partial charge in [-0.05, 0) is 44.4 Å². The zero-order valence-corrected chi connectivity index (χ0v) is 11.8. The number of carbonyl (C=O) groups is 1. The molecule has 1 heterocycles. The number of hydrogen-bond acceptors (Lipinski definition) is 2. The maximum Gasteiger partial charge on any atom is 0.248 e. The summed E-state index contributed by atoms with van der Waals surface area (Å²) in [4.78, 5) is 25.9. The Morgan fingerprint density at radius 3 is 2.47 bits per heavy atom. The monoisotopic (exact) mass is 257 g/mol. The molecule has 0 fully saturated rings. The van der Waals surface area contributed by atoms with E-state index in [1.807, 2.05) is 26.8 Å². The SMILES string of the molecule is C=C(C)/C=C(\C(=C/C)C(C)=O)c1cc(=O)[nH]cc1C. The van der Waals surface area contributed by atoms with Crippen LogP contribution < -0.4 is 5.56 Å². The Balaban J connectivity index is 3.58. The molecule has 0 bridgehead atoms. The molecule has 0 radical (unpaired) electrons. The minimum atomic E-state index is -0.188. The Morgan fingerprint density at radius 1 is 1.37 bits per heavy atom. The highest BCUT2D eigenvalue weighted by Gasteiger charge is 2.14. The van der Waals surface area contributed by atoms with Crippen LogP contribution >= 0.6 is 0 Å². The Labute approximate surface area is 113 Å². The molecule has 0 aliphatic carbocycles. The van der Waals surface area contributed by atoms with Gasteiger partial charge < -0.3 is 4.98 Å². The van der Waals surface area contributed by atoms with E-state index in [9.17, 15) is 9.59 Å². The topological polar surface area (TPSA) is 49.9 Å². The van der Waals surface area contributed by atoms with Crippen molar-refractivity contribution >= 4 is 11.4 Å². The van der Waals surface area contributed by atoms with E-state index in [4.69, 9.17) is 0 Å². The van der Waals surface area contributed by atoms with Gasteiger partial charge in [0.2, 0.25) is 5.56 Å². The molecule has 1 rings (SSSR count). The molecule has 1 N–H and O–H groups in total. The number of aryl methyl sites for hydroxylation is 1. The predicted octanol–water partition coefficient (Wildman–Crippen LogP) is 3.18. The zero-order valence-electron chi connectivity index (χ0n) is 11.8. The van der Waals surface area contributed by atoms with Crippen molar-refractivity contribution in [2.24, 2.45) is 0 Å². The molecule has 0 amide bonds. The molecule has 0 atom stereocenters. The van der Waals surface area contributed by atoms with E-state index in [2.05, 4.69) is 11.6 Å². The molecule has 100 valence electrons. The van der Waals surface area contributed by atoms with Crippen LogP contribution in [0.15, 0.2) is 46.9 Å². The third-order valence-corrected chi connectivity index (χ3v) is 2.77. The number of pyridine rings is 1. The normalized spacial score (nSPS) is 12.4. The summed E-state index contributed by atoms with van der Waals surface area (Å²) in [5, 5.41) is 0. The highest BCUT2D eigenvalue weighted by molar-refractivity contribution is 6.09. The largest absolute Gasteiger partial charge is 0.329 e. The number of Topliss-reactive ketones (excluding diaryl/α,β-unsaturated/α-hetero) is 1. The number of aromatic amines is 1. The standard InChI is InChI=1S/C16H19NO2/c1-6-13(12(5)18)15(7-10(2)3)14-8-16(19)17-9-11(14)4/h6-9H,2H2,1,3-5H3,(H,17,19)/b13-6-,15-7+. The van der Waals surface area contributed by atoms with Crippen molar-refractivity contribution in [1.29, 1.82) is 0 Å². The zero-order chi connectivity index (χ0) is 14.6. The molecular formula is C16H19NO2. The van der Waals surface area contributed by atoms with Gasteiger partial charge in [0.25, 0.3) is 0 Å². The first-order chi connectivity index (χ1) is 8.86. The molecule has 0 aliphatic rings. The van der Waals surface area contributed by atoms with Crippen molar-refractivity contribution in [2.45, 2.75) is 27.7 Å². The molecule has 1 aromatic rings. The second-order valence-corrected chi connectivity index (χ2v) is 4.56. The van der Waals surface area contributed by atoms with Gasteiger partial charge in [-0.15, -0.1) is 0 Å². The summed E-state index contributed by atoms with van der Waals surface area (Å²) in [5.41, 5.74) is 3.65. The summed E-state index contributed by atoms with van der Waals surface area (Å²) in [5.74, 6) is -0.0327. The second-order valence-electron chi connectivity index (χ2n) is 4.56. The third-order valence-electron chi connectivity index (χ3n) is 2.77. The van der Waals surface area contributed by atoms with Gasteiger partial charge in [-0.3, -0.25) is 9.59 Å². The van der Waals surface area contributed by atoms with Crippen molar-refractivity contribution < 1.29 is 4.79 Å². The molecule has 0 unspecified atom stereocenters. The summed E-state index contributed by atoms with van der Waals surface area (Å²) >= 11 is 0. The van der Waals surface area contributed by atoms with Gasteiger partial charge in [-0.2, -0.15) is 0 Å². The molecule has 0 saturated carbocycles. The van der Waals surface area contributed by atoms with Gasteiger partial charge in [0, 0.05) is 17.8 Å². The smallest absolute Gasteiger partial charge is 0.248 e. The lowest BCUT2D eigenvalue weighted by Crippen LogP contribution is -2.09. The van der Waals surface area contributed by atoms with Crippen molar-refractivity contribution in [3.63, 3.8) is 0 Å². The Bertz CT molecular complexity index is 630. The number of ketones is 1. The predicted molar refractivity (Wildman–Crippen MR) is 79.0 cm³/mol. The van der Waals surface area contributed by atoms with Crippen molar-refractivity contribution in [3.8, 4) is 0 Å². The molecule has 19 heavy (non-hydrogen) atoms. The molecule has 1 aromatic heterocycles. The average molecular weight is 257 g/mol. The fraction of sp³-hybridized carbons (Fsp3) is 0.250. The van der Waals surface area contributed by atoms with Gasteiger partial charge in [-0.1, -0.05) is 24.3 Å². The van der Waals surface area contributed by atoms with Crippen LogP contribution in [0.5, 0.6) is 0 Å². The lowest BCUT2D eigenvalue weighted by Gasteiger charge is -2.12. The number of rotatable bonds is 4. The highest BCUT2D eigenvalue weighted by atomic mass is 16.1. The molecule has 0 spiro atoms. The Hall–Kier alpha value is -2.16. The van der Waals surface area contributed by atoms with Gasteiger partial charge in [-0.25, -0.2) is 0 Å². The minimum Gasteiger partial charge on any atom is -0.329 e. The van der Waals surface area contributed by atoms with Gasteiger partial charge >= 0.3 is 0 Å². The molecule has 0 saturated heterocycles. The van der Waals surface area contributed by atoms with E-state index >= 15 is 0 Å². The number of H-pyrrole nitrogens is 1. The van der Waals surface area contributed by atoms with E-state index in [0.717, 1.165) is 22.3 Å². The fourth-order valence-electron chi connectivity index (χ4n) is 1.93. The van der Waals surface area contributed by atoms with E-state index < -0.39 is 0 Å². The highest BCUT2D eigenvalue weighted by Crippen LogP contribution is 2.26. The lowest BCUT2D eigenvalue weighted by atomic mass is 9.92. The summed E-state index contributed by atoms with van der Waals surface area (Å²) < 4.78 is 0. The van der Waals surface area contributed by atoms with Crippen LogP contribution in [-0.2, 0) is 4.79 Å². The van der Waals surface area contributed by atoms with Gasteiger partial charge in [0.15, 0.2) is 5.78 Å². The molecular weight excluding hydrogens is 238 g/mol. The average Bonchev–Trinajstić information content (AvgIpc) is 2.31. The molecule has 0 aliphatic heterocycles. The van der Waals surface area contributed by atoms with Crippen LogP contribution in [0.2, 0.25) is 0 Å². The first kappa shape index (κ1) is 14.9. The van der Waals surface area contributed by atoms with Crippen LogP contribution in [0.3, 0.4) is 0 Å². The molecule has 3 nitrogen and oxygen atoms in total. The maximum atomic E-state index is 11.7. The fourth-order valence-corrected chi connectivity index (χ4v) is 1.93. The van der Waals surface area contributed by atoms with Crippen LogP contribution in [-0.4, -0.2) is 10.8 Å². The quantitative estimate of drug-likeness (QED) is 0.665. The number of carbonyl (C=O) groups excluding carboxylic acids is 1. The van der Waals surface area contributed by atoms with Gasteiger partial charge in [0.05, 0.1) is 0 Å². The number of aromatic nitrogens is 1. The van der Waals surface area contributed by atoms with Crippen molar-refractivity contribution in [2.75, 3.05) is 0 Å². The summed E-state index contributed by atoms with van der Waals surface area (Å²) in [6.07, 6.45) is 5.24. The first-order valence-electron chi connectivity index (χ1n) is 6.11. The third kappa shape index (κ3) is 3.65. The summed E-state index contributed by atoms with van der Waals surface area (Å²) in [6.45, 7) is 10.9. The summed E-state index contributed by atoms with van der Waals surface area (Å²) in [7, 11) is 0. The van der Waals surface area contributed by atoms with E-state index in [1.54, 1.807) is 12.3 Å². The Kier molecular flexibility index (Phi) is 4.81. The second kappa shape index (κ2) is 6.14. The van der Waals surface area contributed by atoms with Gasteiger partial charge in [0.1, 0.15) is 0 Å². The van der Waals surface area contributed by atoms with Crippen LogP contribution in [0, 0.1) is 6.92 Å². The van der Waals surface area contributed by atoms with Crippen LogP contribution in [0.4, 0.5) is 0 Å². The first-order valence-corrected chi connectivity index (χ1v) is 6.11. The maximum absolute atomic E-state index is 11.7. The van der Waals surface area contributed by atoms with E-state index in [-0.39, 0.29) is 11.3 Å². The summed E-state index contributed by atoms with van der Waals surface area (Å²) in [6, 6.07) is 1.51. The van der Waals surface area contributed by atoms with E-state index in [1.165, 1.54) is 13.0 Å². The molecule has 3 heteroatoms. The van der Waals surface area contributed by atoms with Crippen LogP contribution in [0.25, 0.3) is 5.57 Å².